The van der Waals surface area contributed by atoms with Gasteiger partial charge in [-0.15, -0.1) is 0 Å². The van der Waals surface area contributed by atoms with E-state index in [0.717, 1.165) is 18.6 Å². The summed E-state index contributed by atoms with van der Waals surface area (Å²) < 4.78 is 25.7. The Labute approximate surface area is 230 Å². The minimum atomic E-state index is -0.479. The summed E-state index contributed by atoms with van der Waals surface area (Å²) in [6, 6.07) is 0. The van der Waals surface area contributed by atoms with Crippen LogP contribution in [-0.4, -0.2) is 62.6 Å². The molecule has 3 atom stereocenters. The molecule has 3 unspecified atom stereocenters. The average Bonchev–Trinajstić information content (AvgIpc) is 2.92. The van der Waals surface area contributed by atoms with Crippen LogP contribution in [0.3, 0.4) is 0 Å². The van der Waals surface area contributed by atoms with Crippen LogP contribution in [-0.2, 0) is 38.1 Å². The molecule has 8 nitrogen and oxygen atoms in total. The highest BCUT2D eigenvalue weighted by molar-refractivity contribution is 5.81. The molecule has 0 spiro atoms. The molecule has 0 N–H and O–H groups in total. The molecule has 0 radical (unpaired) electrons. The fourth-order valence-corrected chi connectivity index (χ4v) is 3.06. The predicted molar refractivity (Wildman–Crippen MR) is 151 cm³/mol. The highest BCUT2D eigenvalue weighted by Crippen LogP contribution is 2.10. The summed E-state index contributed by atoms with van der Waals surface area (Å²) in [6.45, 7) is 18.9. The molecule has 0 saturated carbocycles. The molecule has 0 amide bonds. The molecule has 0 aromatic carbocycles. The monoisotopic (exact) mass is 540 g/mol. The van der Waals surface area contributed by atoms with Crippen molar-refractivity contribution in [1.82, 2.24) is 0 Å². The molecule has 0 aliphatic carbocycles. The van der Waals surface area contributed by atoms with Crippen LogP contribution in [0.1, 0.15) is 91.9 Å². The van der Waals surface area contributed by atoms with Crippen molar-refractivity contribution >= 4 is 17.9 Å². The van der Waals surface area contributed by atoms with Gasteiger partial charge in [0.15, 0.2) is 0 Å². The quantitative estimate of drug-likeness (QED) is 0.0646. The van der Waals surface area contributed by atoms with Crippen LogP contribution in [0.5, 0.6) is 0 Å². The van der Waals surface area contributed by atoms with E-state index in [2.05, 4.69) is 26.7 Å². The second-order valence-corrected chi connectivity index (χ2v) is 9.13. The number of unbranched alkanes of at least 4 members (excludes halogenated alkanes) is 9. The topological polar surface area (TPSA) is 97.4 Å². The van der Waals surface area contributed by atoms with Crippen molar-refractivity contribution in [2.75, 3.05) is 26.4 Å². The smallest absolute Gasteiger partial charge is 0.330 e. The van der Waals surface area contributed by atoms with Crippen LogP contribution in [0.15, 0.2) is 38.0 Å². The molecular formula is C30H52O8. The Morgan fingerprint density at radius 1 is 0.579 bits per heavy atom. The first-order valence-electron chi connectivity index (χ1n) is 13.8. The van der Waals surface area contributed by atoms with Crippen molar-refractivity contribution in [3.05, 3.63) is 38.0 Å². The van der Waals surface area contributed by atoms with E-state index in [1.54, 1.807) is 13.8 Å². The third-order valence-corrected chi connectivity index (χ3v) is 5.25. The molecule has 0 heterocycles. The first-order chi connectivity index (χ1) is 18.2. The van der Waals surface area contributed by atoms with E-state index in [9.17, 15) is 14.4 Å². The molecule has 0 fully saturated rings. The summed E-state index contributed by atoms with van der Waals surface area (Å²) in [6.07, 6.45) is 15.6. The van der Waals surface area contributed by atoms with Crippen molar-refractivity contribution in [1.29, 1.82) is 0 Å². The molecule has 0 rings (SSSR count). The van der Waals surface area contributed by atoms with Crippen molar-refractivity contribution in [2.24, 2.45) is 0 Å². The fraction of sp³-hybridized carbons (Fsp3) is 0.700. The number of carbonyl (C=O) groups is 3. The maximum atomic E-state index is 11.0. The summed E-state index contributed by atoms with van der Waals surface area (Å²) in [5.74, 6) is -1.26. The molecule has 0 bridgehead atoms. The molecule has 0 aliphatic heterocycles. The summed E-state index contributed by atoms with van der Waals surface area (Å²) >= 11 is 0. The summed E-state index contributed by atoms with van der Waals surface area (Å²) in [4.78, 5) is 32.6. The van der Waals surface area contributed by atoms with E-state index in [-0.39, 0.29) is 37.5 Å². The zero-order valence-corrected chi connectivity index (χ0v) is 24.3. The number of ether oxygens (including phenoxy) is 5. The Kier molecular flexibility index (Phi) is 27.4. The first-order valence-corrected chi connectivity index (χ1v) is 13.8. The molecule has 0 saturated heterocycles. The highest BCUT2D eigenvalue weighted by atomic mass is 16.6. The number of hydrogen-bond acceptors (Lipinski definition) is 8. The highest BCUT2D eigenvalue weighted by Gasteiger charge is 2.12. The SMILES string of the molecule is C=CC(=O)OCC(C)OCC(C)OCC(C)OC(=O)C=C.C=CC(=O)OCCCCCCCCCCCC. The molecule has 38 heavy (non-hydrogen) atoms. The van der Waals surface area contributed by atoms with Gasteiger partial charge in [0.05, 0.1) is 32.0 Å². The first kappa shape index (κ1) is 37.7. The minimum Gasteiger partial charge on any atom is -0.463 e. The molecule has 0 aromatic rings. The normalized spacial score (nSPS) is 12.6. The van der Waals surface area contributed by atoms with Gasteiger partial charge < -0.3 is 23.7 Å². The van der Waals surface area contributed by atoms with Crippen LogP contribution in [0.25, 0.3) is 0 Å². The zero-order valence-electron chi connectivity index (χ0n) is 24.3. The van der Waals surface area contributed by atoms with E-state index >= 15 is 0 Å². The fourth-order valence-electron chi connectivity index (χ4n) is 3.06. The molecule has 0 aromatic heterocycles. The lowest BCUT2D eigenvalue weighted by Crippen LogP contribution is -2.27. The standard InChI is InChI=1S/C15H24O6.C15H28O2/c1-6-14(16)20-9-12(4)18-8-11(3)19-10-13(5)21-15(17)7-2;1-3-5-6-7-8-9-10-11-12-13-14-17-15(16)4-2/h6-7,11-13H,1-2,8-10H2,3-5H3;4H,2-3,5-14H2,1H3. The lowest BCUT2D eigenvalue weighted by molar-refractivity contribution is -0.148. The Balaban J connectivity index is 0. The lowest BCUT2D eigenvalue weighted by Gasteiger charge is -2.19. The van der Waals surface area contributed by atoms with E-state index in [1.807, 2.05) is 6.92 Å². The van der Waals surface area contributed by atoms with Gasteiger partial charge in [-0.25, -0.2) is 14.4 Å². The maximum absolute atomic E-state index is 11.0. The Morgan fingerprint density at radius 3 is 1.50 bits per heavy atom. The van der Waals surface area contributed by atoms with E-state index in [1.165, 1.54) is 63.9 Å². The second-order valence-electron chi connectivity index (χ2n) is 9.13. The Hall–Kier alpha value is -2.45. The molecular weight excluding hydrogens is 488 g/mol. The van der Waals surface area contributed by atoms with Crippen LogP contribution < -0.4 is 0 Å². The van der Waals surface area contributed by atoms with Crippen LogP contribution in [0.2, 0.25) is 0 Å². The van der Waals surface area contributed by atoms with Gasteiger partial charge in [-0.3, -0.25) is 0 Å². The van der Waals surface area contributed by atoms with Gasteiger partial charge >= 0.3 is 17.9 Å². The Bertz CT molecular complexity index is 646. The number of esters is 3. The number of rotatable bonds is 23. The van der Waals surface area contributed by atoms with E-state index in [4.69, 9.17) is 23.7 Å². The average molecular weight is 541 g/mol. The third kappa shape index (κ3) is 28.1. The van der Waals surface area contributed by atoms with E-state index < -0.39 is 11.9 Å². The summed E-state index contributed by atoms with van der Waals surface area (Å²) in [5.41, 5.74) is 0. The van der Waals surface area contributed by atoms with Gasteiger partial charge in [-0.2, -0.15) is 0 Å². The predicted octanol–water partition coefficient (Wildman–Crippen LogP) is 6.28. The number of carbonyl (C=O) groups excluding carboxylic acids is 3. The van der Waals surface area contributed by atoms with Crippen molar-refractivity contribution < 1.29 is 38.1 Å². The summed E-state index contributed by atoms with van der Waals surface area (Å²) in [7, 11) is 0. The van der Waals surface area contributed by atoms with Gasteiger partial charge in [0.25, 0.3) is 0 Å². The summed E-state index contributed by atoms with van der Waals surface area (Å²) in [5, 5.41) is 0. The molecule has 220 valence electrons. The third-order valence-electron chi connectivity index (χ3n) is 5.25. The largest absolute Gasteiger partial charge is 0.463 e. The van der Waals surface area contributed by atoms with Crippen molar-refractivity contribution in [2.45, 2.75) is 110 Å². The van der Waals surface area contributed by atoms with Gasteiger partial charge in [0.1, 0.15) is 12.7 Å². The zero-order chi connectivity index (χ0) is 29.0. The van der Waals surface area contributed by atoms with Gasteiger partial charge in [-0.1, -0.05) is 84.4 Å². The van der Waals surface area contributed by atoms with Crippen LogP contribution in [0.4, 0.5) is 0 Å². The van der Waals surface area contributed by atoms with Gasteiger partial charge in [-0.05, 0) is 27.2 Å². The Morgan fingerprint density at radius 2 is 1.00 bits per heavy atom. The minimum absolute atomic E-state index is 0.158. The molecule has 8 heteroatoms. The van der Waals surface area contributed by atoms with Crippen molar-refractivity contribution in [3.63, 3.8) is 0 Å². The van der Waals surface area contributed by atoms with Gasteiger partial charge in [0.2, 0.25) is 0 Å². The molecule has 0 aliphatic rings. The van der Waals surface area contributed by atoms with Crippen LogP contribution in [0, 0.1) is 0 Å². The van der Waals surface area contributed by atoms with Crippen molar-refractivity contribution in [3.8, 4) is 0 Å². The second kappa shape index (κ2) is 27.6. The number of hydrogen-bond donors (Lipinski definition) is 0. The van der Waals surface area contributed by atoms with E-state index in [0.29, 0.717) is 13.2 Å². The van der Waals surface area contributed by atoms with Gasteiger partial charge in [0, 0.05) is 18.2 Å². The maximum Gasteiger partial charge on any atom is 0.330 e. The van der Waals surface area contributed by atoms with Crippen LogP contribution >= 0.6 is 0 Å². The lowest BCUT2D eigenvalue weighted by atomic mass is 10.1.